The third-order valence-corrected chi connectivity index (χ3v) is 4.08. The van der Waals surface area contributed by atoms with Gasteiger partial charge in [0.05, 0.1) is 0 Å². The predicted octanol–water partition coefficient (Wildman–Crippen LogP) is 3.39. The molecule has 2 heterocycles. The molecule has 0 radical (unpaired) electrons. The van der Waals surface area contributed by atoms with E-state index in [0.29, 0.717) is 19.0 Å². The van der Waals surface area contributed by atoms with Crippen LogP contribution in [-0.2, 0) is 0 Å². The summed E-state index contributed by atoms with van der Waals surface area (Å²) >= 11 is 0. The lowest BCUT2D eigenvalue weighted by molar-refractivity contribution is -0.0960. The maximum absolute atomic E-state index is 12.6. The number of nitrogens with one attached hydrogen (secondary N) is 1. The SMILES string of the molecule is FC(F)(F)C1=CCN(CC2CNc3ccccc32)CC1. The van der Waals surface area contributed by atoms with E-state index in [0.717, 1.165) is 18.8 Å². The summed E-state index contributed by atoms with van der Waals surface area (Å²) in [6.45, 7) is 2.56. The zero-order chi connectivity index (χ0) is 14.2. The van der Waals surface area contributed by atoms with Gasteiger partial charge in [-0.15, -0.1) is 0 Å². The van der Waals surface area contributed by atoms with Gasteiger partial charge in [0.1, 0.15) is 0 Å². The molecular weight excluding hydrogens is 265 g/mol. The first-order valence-corrected chi connectivity index (χ1v) is 6.85. The number of nitrogens with zero attached hydrogens (tertiary/aromatic N) is 1. The van der Waals surface area contributed by atoms with Crippen molar-refractivity contribution in [3.05, 3.63) is 41.5 Å². The number of para-hydroxylation sites is 1. The second kappa shape index (κ2) is 5.13. The monoisotopic (exact) mass is 282 g/mol. The Bertz CT molecular complexity index is 522. The summed E-state index contributed by atoms with van der Waals surface area (Å²) < 4.78 is 37.7. The summed E-state index contributed by atoms with van der Waals surface area (Å²) in [5, 5.41) is 3.35. The summed E-state index contributed by atoms with van der Waals surface area (Å²) in [5.74, 6) is 0.368. The van der Waals surface area contributed by atoms with Crippen molar-refractivity contribution in [2.45, 2.75) is 18.5 Å². The minimum atomic E-state index is -4.16. The topological polar surface area (TPSA) is 15.3 Å². The Morgan fingerprint density at radius 1 is 1.25 bits per heavy atom. The highest BCUT2D eigenvalue weighted by Crippen LogP contribution is 2.33. The van der Waals surface area contributed by atoms with Crippen LogP contribution in [0.1, 0.15) is 17.9 Å². The number of rotatable bonds is 2. The van der Waals surface area contributed by atoms with Crippen molar-refractivity contribution in [3.8, 4) is 0 Å². The lowest BCUT2D eigenvalue weighted by atomic mass is 9.99. The van der Waals surface area contributed by atoms with E-state index < -0.39 is 6.18 Å². The van der Waals surface area contributed by atoms with Crippen molar-refractivity contribution in [1.29, 1.82) is 0 Å². The fourth-order valence-corrected chi connectivity index (χ4v) is 2.97. The van der Waals surface area contributed by atoms with Gasteiger partial charge in [-0.05, 0) is 18.1 Å². The molecule has 1 unspecified atom stereocenters. The van der Waals surface area contributed by atoms with Crippen LogP contribution in [0.4, 0.5) is 18.9 Å². The highest BCUT2D eigenvalue weighted by molar-refractivity contribution is 5.57. The van der Waals surface area contributed by atoms with Gasteiger partial charge >= 0.3 is 6.18 Å². The molecule has 1 N–H and O–H groups in total. The second-order valence-electron chi connectivity index (χ2n) is 5.40. The fourth-order valence-electron chi connectivity index (χ4n) is 2.97. The van der Waals surface area contributed by atoms with Gasteiger partial charge in [-0.1, -0.05) is 24.3 Å². The number of halogens is 3. The first-order valence-electron chi connectivity index (χ1n) is 6.85. The first-order chi connectivity index (χ1) is 9.54. The van der Waals surface area contributed by atoms with Crippen LogP contribution in [0, 0.1) is 0 Å². The van der Waals surface area contributed by atoms with Crippen LogP contribution in [-0.4, -0.2) is 37.3 Å². The number of benzene rings is 1. The molecular formula is C15H17F3N2. The number of alkyl halides is 3. The molecule has 0 bridgehead atoms. The Hall–Kier alpha value is -1.49. The quantitative estimate of drug-likeness (QED) is 0.836. The van der Waals surface area contributed by atoms with Crippen LogP contribution in [0.3, 0.4) is 0 Å². The Kier molecular flexibility index (Phi) is 3.46. The van der Waals surface area contributed by atoms with Crippen molar-refractivity contribution in [2.24, 2.45) is 0 Å². The van der Waals surface area contributed by atoms with Crippen molar-refractivity contribution in [1.82, 2.24) is 4.90 Å². The highest BCUT2D eigenvalue weighted by Gasteiger charge is 2.35. The highest BCUT2D eigenvalue weighted by atomic mass is 19.4. The van der Waals surface area contributed by atoms with E-state index in [-0.39, 0.29) is 12.0 Å². The van der Waals surface area contributed by atoms with Gasteiger partial charge < -0.3 is 5.32 Å². The van der Waals surface area contributed by atoms with Gasteiger partial charge in [0.15, 0.2) is 0 Å². The summed E-state index contributed by atoms with van der Waals surface area (Å²) in [7, 11) is 0. The van der Waals surface area contributed by atoms with Gasteiger partial charge in [-0.2, -0.15) is 13.2 Å². The summed E-state index contributed by atoms with van der Waals surface area (Å²) in [5.41, 5.74) is 2.05. The standard InChI is InChI=1S/C15H17F3N2/c16-15(17,18)12-5-7-20(8-6-12)10-11-9-19-14-4-2-1-3-13(11)14/h1-5,11,19H,6-10H2. The van der Waals surface area contributed by atoms with E-state index in [1.165, 1.54) is 11.6 Å². The molecule has 0 aliphatic carbocycles. The number of fused-ring (bicyclic) bond motifs is 1. The molecule has 108 valence electrons. The molecule has 5 heteroatoms. The average Bonchev–Trinajstić information content (AvgIpc) is 2.82. The summed E-state index contributed by atoms with van der Waals surface area (Å²) in [6, 6.07) is 8.15. The van der Waals surface area contributed by atoms with Gasteiger partial charge in [-0.25, -0.2) is 0 Å². The molecule has 0 saturated heterocycles. The smallest absolute Gasteiger partial charge is 0.384 e. The minimum Gasteiger partial charge on any atom is -0.384 e. The van der Waals surface area contributed by atoms with Crippen molar-refractivity contribution < 1.29 is 13.2 Å². The minimum absolute atomic E-state index is 0.102. The van der Waals surface area contributed by atoms with Crippen LogP contribution < -0.4 is 5.32 Å². The predicted molar refractivity (Wildman–Crippen MR) is 72.9 cm³/mol. The van der Waals surface area contributed by atoms with Crippen molar-refractivity contribution >= 4 is 5.69 Å². The van der Waals surface area contributed by atoms with E-state index in [2.05, 4.69) is 16.3 Å². The van der Waals surface area contributed by atoms with Gasteiger partial charge in [0, 0.05) is 43.4 Å². The molecule has 0 spiro atoms. The Balaban J connectivity index is 1.63. The van der Waals surface area contributed by atoms with Crippen LogP contribution >= 0.6 is 0 Å². The van der Waals surface area contributed by atoms with Crippen molar-refractivity contribution in [2.75, 3.05) is 31.5 Å². The Morgan fingerprint density at radius 2 is 2.05 bits per heavy atom. The molecule has 2 nitrogen and oxygen atoms in total. The Morgan fingerprint density at radius 3 is 2.75 bits per heavy atom. The fraction of sp³-hybridized carbons (Fsp3) is 0.467. The number of hydrogen-bond donors (Lipinski definition) is 1. The third-order valence-electron chi connectivity index (χ3n) is 4.08. The second-order valence-corrected chi connectivity index (χ2v) is 5.40. The molecule has 1 atom stereocenters. The number of hydrogen-bond acceptors (Lipinski definition) is 2. The maximum atomic E-state index is 12.6. The van der Waals surface area contributed by atoms with E-state index >= 15 is 0 Å². The number of anilines is 1. The van der Waals surface area contributed by atoms with Crippen molar-refractivity contribution in [3.63, 3.8) is 0 Å². The molecule has 1 aromatic carbocycles. The zero-order valence-electron chi connectivity index (χ0n) is 11.1. The average molecular weight is 282 g/mol. The molecule has 0 fully saturated rings. The summed E-state index contributed by atoms with van der Waals surface area (Å²) in [4.78, 5) is 2.10. The largest absolute Gasteiger partial charge is 0.412 e. The third kappa shape index (κ3) is 2.68. The lowest BCUT2D eigenvalue weighted by Gasteiger charge is -2.29. The molecule has 2 aliphatic rings. The van der Waals surface area contributed by atoms with Gasteiger partial charge in [0.25, 0.3) is 0 Å². The molecule has 0 aromatic heterocycles. The van der Waals surface area contributed by atoms with Crippen LogP contribution in [0.15, 0.2) is 35.9 Å². The van der Waals surface area contributed by atoms with E-state index in [1.807, 2.05) is 18.2 Å². The van der Waals surface area contributed by atoms with E-state index in [1.54, 1.807) is 0 Å². The Labute approximate surface area is 116 Å². The first kappa shape index (κ1) is 13.5. The molecule has 0 saturated carbocycles. The van der Waals surface area contributed by atoms with Crippen LogP contribution in [0.25, 0.3) is 0 Å². The zero-order valence-corrected chi connectivity index (χ0v) is 11.1. The molecule has 0 amide bonds. The van der Waals surface area contributed by atoms with E-state index in [9.17, 15) is 13.2 Å². The normalized spacial score (nSPS) is 23.1. The molecule has 1 aromatic rings. The molecule has 3 rings (SSSR count). The molecule has 2 aliphatic heterocycles. The van der Waals surface area contributed by atoms with Gasteiger partial charge in [0.2, 0.25) is 0 Å². The van der Waals surface area contributed by atoms with Gasteiger partial charge in [-0.3, -0.25) is 4.90 Å². The van der Waals surface area contributed by atoms with E-state index in [4.69, 9.17) is 0 Å². The van der Waals surface area contributed by atoms with Crippen LogP contribution in [0.2, 0.25) is 0 Å². The summed E-state index contributed by atoms with van der Waals surface area (Å²) in [6.07, 6.45) is -2.73. The maximum Gasteiger partial charge on any atom is 0.412 e. The lowest BCUT2D eigenvalue weighted by Crippen LogP contribution is -2.35. The molecule has 20 heavy (non-hydrogen) atoms. The van der Waals surface area contributed by atoms with Crippen LogP contribution in [0.5, 0.6) is 0 Å².